The molecule has 0 aliphatic carbocycles. The molecule has 2 aromatic carbocycles. The van der Waals surface area contributed by atoms with E-state index in [2.05, 4.69) is 15.5 Å². The minimum Gasteiger partial charge on any atom is -0.496 e. The number of nitrogens with zero attached hydrogens (tertiary/aromatic N) is 2. The Balaban J connectivity index is 1.53. The fourth-order valence-corrected chi connectivity index (χ4v) is 3.03. The normalized spacial score (nSPS) is 10.5. The first-order chi connectivity index (χ1) is 12.7. The maximum atomic E-state index is 12.8. The maximum Gasteiger partial charge on any atom is 0.322 e. The number of amides is 1. The average Bonchev–Trinajstić information content (AvgIpc) is 3.11. The van der Waals surface area contributed by atoms with E-state index >= 15 is 0 Å². The van der Waals surface area contributed by atoms with Gasteiger partial charge in [0.1, 0.15) is 11.6 Å². The first-order valence-corrected chi connectivity index (χ1v) is 8.79. The lowest BCUT2D eigenvalue weighted by Gasteiger charge is -2.03. The Morgan fingerprint density at radius 3 is 2.73 bits per heavy atom. The van der Waals surface area contributed by atoms with Crippen LogP contribution >= 0.6 is 11.8 Å². The highest BCUT2D eigenvalue weighted by Crippen LogP contribution is 2.29. The van der Waals surface area contributed by atoms with E-state index in [1.807, 2.05) is 12.1 Å². The van der Waals surface area contributed by atoms with Gasteiger partial charge in [-0.05, 0) is 36.4 Å². The van der Waals surface area contributed by atoms with Gasteiger partial charge in [0.05, 0.1) is 12.7 Å². The molecule has 3 rings (SSSR count). The molecule has 0 spiro atoms. The van der Waals surface area contributed by atoms with Crippen LogP contribution in [-0.4, -0.2) is 29.0 Å². The number of hydrogen-bond donors (Lipinski definition) is 1. The Labute approximate surface area is 153 Å². The minimum absolute atomic E-state index is 0.0303. The first-order valence-electron chi connectivity index (χ1n) is 7.81. The molecule has 0 saturated carbocycles. The Kier molecular flexibility index (Phi) is 5.85. The Morgan fingerprint density at radius 2 is 1.96 bits per heavy atom. The van der Waals surface area contributed by atoms with Crippen molar-refractivity contribution in [2.24, 2.45) is 0 Å². The highest BCUT2D eigenvalue weighted by molar-refractivity contribution is 7.99. The molecule has 6 nitrogen and oxygen atoms in total. The topological polar surface area (TPSA) is 77.3 Å². The third-order valence-electron chi connectivity index (χ3n) is 3.42. The zero-order valence-corrected chi connectivity index (χ0v) is 14.8. The van der Waals surface area contributed by atoms with E-state index < -0.39 is 0 Å². The number of ether oxygens (including phenoxy) is 1. The number of hydrogen-bond acceptors (Lipinski definition) is 6. The van der Waals surface area contributed by atoms with Gasteiger partial charge in [-0.2, -0.15) is 0 Å². The van der Waals surface area contributed by atoms with E-state index in [4.69, 9.17) is 9.15 Å². The van der Waals surface area contributed by atoms with Crippen LogP contribution in [0.1, 0.15) is 6.42 Å². The molecule has 0 radical (unpaired) electrons. The largest absolute Gasteiger partial charge is 0.496 e. The Morgan fingerprint density at radius 1 is 1.19 bits per heavy atom. The SMILES string of the molecule is COc1ccccc1-c1nnc(NC(=O)CCSc2ccc(F)cc2)o1. The van der Waals surface area contributed by atoms with Crippen LogP contribution in [0.5, 0.6) is 5.75 Å². The average molecular weight is 373 g/mol. The predicted octanol–water partition coefficient (Wildman–Crippen LogP) is 4.01. The zero-order chi connectivity index (χ0) is 18.4. The number of nitrogens with one attached hydrogen (secondary N) is 1. The second kappa shape index (κ2) is 8.48. The highest BCUT2D eigenvalue weighted by atomic mass is 32.2. The van der Waals surface area contributed by atoms with Crippen LogP contribution in [0.25, 0.3) is 11.5 Å². The van der Waals surface area contributed by atoms with E-state index in [-0.39, 0.29) is 30.1 Å². The fourth-order valence-electron chi connectivity index (χ4n) is 2.18. The van der Waals surface area contributed by atoms with Crippen LogP contribution in [0.15, 0.2) is 57.8 Å². The third kappa shape index (κ3) is 4.60. The number of aromatic nitrogens is 2. The molecule has 1 N–H and O–H groups in total. The lowest BCUT2D eigenvalue weighted by atomic mass is 10.2. The quantitative estimate of drug-likeness (QED) is 0.631. The number of carbonyl (C=O) groups excluding carboxylic acids is 1. The molecule has 0 fully saturated rings. The van der Waals surface area contributed by atoms with Gasteiger partial charge in [-0.25, -0.2) is 4.39 Å². The molecule has 0 saturated heterocycles. The molecule has 1 heterocycles. The highest BCUT2D eigenvalue weighted by Gasteiger charge is 2.14. The second-order valence-corrected chi connectivity index (χ2v) is 6.38. The lowest BCUT2D eigenvalue weighted by Crippen LogP contribution is -2.12. The molecule has 1 aromatic heterocycles. The smallest absolute Gasteiger partial charge is 0.322 e. The van der Waals surface area contributed by atoms with Crippen molar-refractivity contribution in [2.45, 2.75) is 11.3 Å². The number of thioether (sulfide) groups is 1. The molecular weight excluding hydrogens is 357 g/mol. The number of benzene rings is 2. The fraction of sp³-hybridized carbons (Fsp3) is 0.167. The van der Waals surface area contributed by atoms with Crippen molar-refractivity contribution in [2.75, 3.05) is 18.2 Å². The lowest BCUT2D eigenvalue weighted by molar-refractivity contribution is -0.115. The summed E-state index contributed by atoms with van der Waals surface area (Å²) in [5.41, 5.74) is 0.648. The monoisotopic (exact) mass is 373 g/mol. The molecule has 8 heteroatoms. The number of methoxy groups -OCH3 is 1. The van der Waals surface area contributed by atoms with Gasteiger partial charge < -0.3 is 9.15 Å². The summed E-state index contributed by atoms with van der Waals surface area (Å²) in [5, 5.41) is 10.3. The summed E-state index contributed by atoms with van der Waals surface area (Å²) in [7, 11) is 1.55. The van der Waals surface area contributed by atoms with Gasteiger partial charge in [0.25, 0.3) is 5.89 Å². The van der Waals surface area contributed by atoms with Crippen LogP contribution in [0.4, 0.5) is 10.4 Å². The van der Waals surface area contributed by atoms with E-state index in [0.717, 1.165) is 4.90 Å². The van der Waals surface area contributed by atoms with Crippen molar-refractivity contribution in [3.63, 3.8) is 0 Å². The Hall–Kier alpha value is -2.87. The molecule has 0 atom stereocenters. The van der Waals surface area contributed by atoms with E-state index in [0.29, 0.717) is 17.1 Å². The summed E-state index contributed by atoms with van der Waals surface area (Å²) in [6.07, 6.45) is 0.258. The first kappa shape index (κ1) is 17.9. The summed E-state index contributed by atoms with van der Waals surface area (Å²) in [6.45, 7) is 0. The number of para-hydroxylation sites is 1. The summed E-state index contributed by atoms with van der Waals surface area (Å²) in [6, 6.07) is 13.4. The van der Waals surface area contributed by atoms with Crippen molar-refractivity contribution < 1.29 is 18.3 Å². The molecule has 26 heavy (non-hydrogen) atoms. The van der Waals surface area contributed by atoms with E-state index in [1.165, 1.54) is 23.9 Å². The molecule has 134 valence electrons. The van der Waals surface area contributed by atoms with Crippen LogP contribution in [0.3, 0.4) is 0 Å². The number of anilines is 1. The zero-order valence-electron chi connectivity index (χ0n) is 13.9. The van der Waals surface area contributed by atoms with Crippen LogP contribution < -0.4 is 10.1 Å². The van der Waals surface area contributed by atoms with Crippen molar-refractivity contribution in [1.82, 2.24) is 10.2 Å². The van der Waals surface area contributed by atoms with Crippen molar-refractivity contribution in [1.29, 1.82) is 0 Å². The predicted molar refractivity (Wildman–Crippen MR) is 96.7 cm³/mol. The van der Waals surface area contributed by atoms with Crippen molar-refractivity contribution in [3.05, 3.63) is 54.3 Å². The van der Waals surface area contributed by atoms with E-state index in [9.17, 15) is 9.18 Å². The molecular formula is C18H16FN3O3S. The molecule has 0 aliphatic rings. The van der Waals surface area contributed by atoms with Gasteiger partial charge in [0.15, 0.2) is 0 Å². The van der Waals surface area contributed by atoms with Crippen LogP contribution in [0, 0.1) is 5.82 Å². The number of halogens is 1. The van der Waals surface area contributed by atoms with Gasteiger partial charge in [0.2, 0.25) is 5.91 Å². The molecule has 0 unspecified atom stereocenters. The molecule has 3 aromatic rings. The third-order valence-corrected chi connectivity index (χ3v) is 4.43. The van der Waals surface area contributed by atoms with Crippen LogP contribution in [-0.2, 0) is 4.79 Å². The van der Waals surface area contributed by atoms with Gasteiger partial charge in [-0.1, -0.05) is 17.2 Å². The summed E-state index contributed by atoms with van der Waals surface area (Å²) in [4.78, 5) is 12.9. The van der Waals surface area contributed by atoms with Gasteiger partial charge in [-0.3, -0.25) is 10.1 Å². The van der Waals surface area contributed by atoms with Gasteiger partial charge >= 0.3 is 6.01 Å². The maximum absolute atomic E-state index is 12.8. The van der Waals surface area contributed by atoms with Gasteiger partial charge in [0, 0.05) is 17.1 Å². The second-order valence-electron chi connectivity index (χ2n) is 5.21. The van der Waals surface area contributed by atoms with Crippen molar-refractivity contribution in [3.8, 4) is 17.2 Å². The standard InChI is InChI=1S/C18H16FN3O3S/c1-24-15-5-3-2-4-14(15)17-21-22-18(25-17)20-16(23)10-11-26-13-8-6-12(19)7-9-13/h2-9H,10-11H2,1H3,(H,20,22,23). The summed E-state index contributed by atoms with van der Waals surface area (Å²) < 4.78 is 23.6. The summed E-state index contributed by atoms with van der Waals surface area (Å²) in [5.74, 6) is 0.887. The molecule has 0 aliphatic heterocycles. The molecule has 1 amide bonds. The Bertz CT molecular complexity index is 883. The number of carbonyl (C=O) groups is 1. The summed E-state index contributed by atoms with van der Waals surface area (Å²) >= 11 is 1.46. The van der Waals surface area contributed by atoms with Crippen molar-refractivity contribution >= 4 is 23.7 Å². The molecule has 0 bridgehead atoms. The van der Waals surface area contributed by atoms with Gasteiger partial charge in [-0.15, -0.1) is 16.9 Å². The number of rotatable bonds is 7. The minimum atomic E-state index is -0.283. The van der Waals surface area contributed by atoms with Crippen LogP contribution in [0.2, 0.25) is 0 Å². The van der Waals surface area contributed by atoms with E-state index in [1.54, 1.807) is 31.4 Å².